The van der Waals surface area contributed by atoms with Gasteiger partial charge in [-0.15, -0.1) is 0 Å². The van der Waals surface area contributed by atoms with E-state index in [-0.39, 0.29) is 0 Å². The lowest BCUT2D eigenvalue weighted by molar-refractivity contribution is 0.307. The van der Waals surface area contributed by atoms with E-state index in [1.54, 1.807) is 18.3 Å². The summed E-state index contributed by atoms with van der Waals surface area (Å²) in [5.74, 6) is 2.37. The van der Waals surface area contributed by atoms with E-state index < -0.39 is 0 Å². The maximum Gasteiger partial charge on any atom is 0.143 e. The minimum absolute atomic E-state index is 0.578. The summed E-state index contributed by atoms with van der Waals surface area (Å²) in [4.78, 5) is 11.1. The van der Waals surface area contributed by atoms with Gasteiger partial charge in [-0.1, -0.05) is 0 Å². The Bertz CT molecular complexity index is 671. The zero-order valence-corrected chi connectivity index (χ0v) is 12.7. The summed E-state index contributed by atoms with van der Waals surface area (Å²) < 4.78 is 2.07. The van der Waals surface area contributed by atoms with Crippen LogP contribution in [0, 0.1) is 17.2 Å². The maximum absolute atomic E-state index is 9.07. The molecule has 1 aliphatic heterocycles. The number of imidazole rings is 1. The number of aryl methyl sites for hydroxylation is 1. The SMILES string of the molecule is Cn1ccnc1CN1CCC(CNc2ncccc2C#N)C1. The van der Waals surface area contributed by atoms with Gasteiger partial charge in [-0.05, 0) is 31.0 Å². The van der Waals surface area contributed by atoms with Crippen LogP contribution in [0.3, 0.4) is 0 Å². The van der Waals surface area contributed by atoms with Crippen LogP contribution in [0.25, 0.3) is 0 Å². The van der Waals surface area contributed by atoms with Gasteiger partial charge in [-0.25, -0.2) is 9.97 Å². The lowest BCUT2D eigenvalue weighted by atomic mass is 10.1. The molecule has 0 radical (unpaired) electrons. The Morgan fingerprint density at radius 1 is 1.41 bits per heavy atom. The highest BCUT2D eigenvalue weighted by Gasteiger charge is 2.23. The van der Waals surface area contributed by atoms with E-state index in [9.17, 15) is 0 Å². The van der Waals surface area contributed by atoms with Gasteiger partial charge >= 0.3 is 0 Å². The predicted molar refractivity (Wildman–Crippen MR) is 84.0 cm³/mol. The monoisotopic (exact) mass is 296 g/mol. The number of pyridine rings is 1. The first-order valence-electron chi connectivity index (χ1n) is 7.54. The van der Waals surface area contributed by atoms with E-state index >= 15 is 0 Å². The zero-order chi connectivity index (χ0) is 15.4. The van der Waals surface area contributed by atoms with Gasteiger partial charge in [0.1, 0.15) is 17.7 Å². The fourth-order valence-electron chi connectivity index (χ4n) is 2.85. The minimum Gasteiger partial charge on any atom is -0.369 e. The van der Waals surface area contributed by atoms with E-state index in [1.807, 2.05) is 19.4 Å². The van der Waals surface area contributed by atoms with Crippen LogP contribution >= 0.6 is 0 Å². The fourth-order valence-corrected chi connectivity index (χ4v) is 2.85. The first kappa shape index (κ1) is 14.5. The van der Waals surface area contributed by atoms with Crippen molar-refractivity contribution in [1.29, 1.82) is 5.26 Å². The second kappa shape index (κ2) is 6.58. The van der Waals surface area contributed by atoms with Gasteiger partial charge in [0.2, 0.25) is 0 Å². The maximum atomic E-state index is 9.07. The standard InChI is InChI=1S/C16H20N6/c1-21-8-6-18-15(21)12-22-7-4-13(11-22)10-20-16-14(9-17)3-2-5-19-16/h2-3,5-6,8,13H,4,7,10-12H2,1H3,(H,19,20). The molecule has 1 fully saturated rings. The van der Waals surface area contributed by atoms with E-state index in [4.69, 9.17) is 5.26 Å². The van der Waals surface area contributed by atoms with Crippen molar-refractivity contribution < 1.29 is 0 Å². The van der Waals surface area contributed by atoms with Crippen LogP contribution in [0.2, 0.25) is 0 Å². The highest BCUT2D eigenvalue weighted by Crippen LogP contribution is 2.19. The molecular weight excluding hydrogens is 276 g/mol. The number of nitrogens with one attached hydrogen (secondary N) is 1. The van der Waals surface area contributed by atoms with Gasteiger partial charge in [-0.3, -0.25) is 4.90 Å². The number of nitriles is 1. The molecular formula is C16H20N6. The number of anilines is 1. The molecule has 0 saturated carbocycles. The molecule has 6 nitrogen and oxygen atoms in total. The van der Waals surface area contributed by atoms with E-state index in [0.29, 0.717) is 17.3 Å². The van der Waals surface area contributed by atoms with Crippen molar-refractivity contribution in [1.82, 2.24) is 19.4 Å². The van der Waals surface area contributed by atoms with Crippen molar-refractivity contribution in [3.63, 3.8) is 0 Å². The predicted octanol–water partition coefficient (Wildman–Crippen LogP) is 1.62. The summed E-state index contributed by atoms with van der Waals surface area (Å²) >= 11 is 0. The van der Waals surface area contributed by atoms with Crippen LogP contribution in [-0.4, -0.2) is 39.1 Å². The van der Waals surface area contributed by atoms with Gasteiger partial charge < -0.3 is 9.88 Å². The Hall–Kier alpha value is -2.39. The molecule has 1 atom stereocenters. The Labute approximate surface area is 130 Å². The average molecular weight is 296 g/mol. The Balaban J connectivity index is 1.51. The first-order valence-corrected chi connectivity index (χ1v) is 7.54. The third-order valence-corrected chi connectivity index (χ3v) is 4.14. The summed E-state index contributed by atoms with van der Waals surface area (Å²) in [5.41, 5.74) is 0.602. The summed E-state index contributed by atoms with van der Waals surface area (Å²) in [6, 6.07) is 5.74. The number of rotatable bonds is 5. The number of hydrogen-bond donors (Lipinski definition) is 1. The van der Waals surface area contributed by atoms with Gasteiger partial charge in [0.25, 0.3) is 0 Å². The molecule has 22 heavy (non-hydrogen) atoms. The highest BCUT2D eigenvalue weighted by atomic mass is 15.2. The molecule has 0 aliphatic carbocycles. The minimum atomic E-state index is 0.578. The van der Waals surface area contributed by atoms with Crippen LogP contribution in [0.4, 0.5) is 5.82 Å². The van der Waals surface area contributed by atoms with Crippen molar-refractivity contribution >= 4 is 5.82 Å². The summed E-state index contributed by atoms with van der Waals surface area (Å²) in [7, 11) is 2.03. The normalized spacial score (nSPS) is 18.3. The molecule has 3 rings (SSSR count). The molecule has 114 valence electrons. The Morgan fingerprint density at radius 2 is 2.32 bits per heavy atom. The third kappa shape index (κ3) is 3.26. The largest absolute Gasteiger partial charge is 0.369 e. The quantitative estimate of drug-likeness (QED) is 0.908. The number of nitrogens with zero attached hydrogens (tertiary/aromatic N) is 5. The molecule has 0 bridgehead atoms. The van der Waals surface area contributed by atoms with Crippen molar-refractivity contribution in [3.05, 3.63) is 42.1 Å². The van der Waals surface area contributed by atoms with Crippen LogP contribution in [0.5, 0.6) is 0 Å². The molecule has 0 amide bonds. The summed E-state index contributed by atoms with van der Waals surface area (Å²) in [6.45, 7) is 3.89. The highest BCUT2D eigenvalue weighted by molar-refractivity contribution is 5.51. The molecule has 0 aromatic carbocycles. The third-order valence-electron chi connectivity index (χ3n) is 4.14. The molecule has 0 spiro atoms. The Kier molecular flexibility index (Phi) is 4.35. The molecule has 1 aliphatic rings. The van der Waals surface area contributed by atoms with Crippen molar-refractivity contribution in [3.8, 4) is 6.07 Å². The van der Waals surface area contributed by atoms with Crippen molar-refractivity contribution in [2.75, 3.05) is 25.0 Å². The topological polar surface area (TPSA) is 69.8 Å². The van der Waals surface area contributed by atoms with Gasteiger partial charge in [0.05, 0.1) is 12.1 Å². The Morgan fingerprint density at radius 3 is 3.09 bits per heavy atom. The van der Waals surface area contributed by atoms with Gasteiger partial charge in [0, 0.05) is 38.7 Å². The van der Waals surface area contributed by atoms with Gasteiger partial charge in [-0.2, -0.15) is 5.26 Å². The summed E-state index contributed by atoms with van der Waals surface area (Å²) in [5, 5.41) is 12.4. The van der Waals surface area contributed by atoms with Gasteiger partial charge in [0.15, 0.2) is 0 Å². The number of hydrogen-bond acceptors (Lipinski definition) is 5. The lowest BCUT2D eigenvalue weighted by Crippen LogP contribution is -2.24. The smallest absolute Gasteiger partial charge is 0.143 e. The zero-order valence-electron chi connectivity index (χ0n) is 12.7. The van der Waals surface area contributed by atoms with Crippen molar-refractivity contribution in [2.45, 2.75) is 13.0 Å². The second-order valence-corrected chi connectivity index (χ2v) is 5.74. The van der Waals surface area contributed by atoms with E-state index in [0.717, 1.165) is 38.4 Å². The molecule has 1 N–H and O–H groups in total. The molecule has 1 unspecified atom stereocenters. The van der Waals surface area contributed by atoms with Crippen LogP contribution < -0.4 is 5.32 Å². The first-order chi connectivity index (χ1) is 10.8. The van der Waals surface area contributed by atoms with Crippen LogP contribution in [-0.2, 0) is 13.6 Å². The average Bonchev–Trinajstić information content (AvgIpc) is 3.15. The van der Waals surface area contributed by atoms with E-state index in [1.165, 1.54) is 0 Å². The number of aromatic nitrogens is 3. The fraction of sp³-hybridized carbons (Fsp3) is 0.438. The molecule has 2 aromatic heterocycles. The number of likely N-dealkylation sites (tertiary alicyclic amines) is 1. The lowest BCUT2D eigenvalue weighted by Gasteiger charge is -2.16. The molecule has 6 heteroatoms. The van der Waals surface area contributed by atoms with Crippen LogP contribution in [0.1, 0.15) is 17.8 Å². The van der Waals surface area contributed by atoms with Crippen LogP contribution in [0.15, 0.2) is 30.7 Å². The molecule has 1 saturated heterocycles. The van der Waals surface area contributed by atoms with E-state index in [2.05, 4.69) is 30.8 Å². The van der Waals surface area contributed by atoms with Crippen molar-refractivity contribution in [2.24, 2.45) is 13.0 Å². The summed E-state index contributed by atoms with van der Waals surface area (Å²) in [6.07, 6.45) is 6.70. The molecule has 2 aromatic rings. The second-order valence-electron chi connectivity index (χ2n) is 5.74. The molecule has 3 heterocycles.